The van der Waals surface area contributed by atoms with Gasteiger partial charge in [0.25, 0.3) is 11.8 Å². The van der Waals surface area contributed by atoms with E-state index in [0.29, 0.717) is 29.4 Å². The van der Waals surface area contributed by atoms with E-state index in [1.807, 2.05) is 0 Å². The van der Waals surface area contributed by atoms with Gasteiger partial charge in [-0.15, -0.1) is 0 Å². The number of unbranched alkanes of at least 4 members (excludes halogenated alkanes) is 1. The number of carbonyl (C=O) groups is 3. The summed E-state index contributed by atoms with van der Waals surface area (Å²) in [4.78, 5) is 36.6. The number of hydrogen-bond donors (Lipinski definition) is 2. The Balaban J connectivity index is 1.75. The molecule has 9 heteroatoms. The van der Waals surface area contributed by atoms with E-state index < -0.39 is 23.9 Å². The summed E-state index contributed by atoms with van der Waals surface area (Å²) in [7, 11) is 3.07. The lowest BCUT2D eigenvalue weighted by Crippen LogP contribution is -2.38. The fraction of sp³-hybridized carbons (Fsp3) is 0.400. The quantitative estimate of drug-likeness (QED) is 0.341. The molecule has 2 N–H and O–H groups in total. The van der Waals surface area contributed by atoms with Crippen molar-refractivity contribution in [3.63, 3.8) is 0 Å². The highest BCUT2D eigenvalue weighted by atomic mass is 16.5. The lowest BCUT2D eigenvalue weighted by Gasteiger charge is -2.15. The number of ether oxygens (including phenoxy) is 4. The van der Waals surface area contributed by atoms with Crippen molar-refractivity contribution in [2.75, 3.05) is 27.4 Å². The molecule has 0 heterocycles. The molecule has 0 saturated heterocycles. The Bertz CT molecular complexity index is 960. The summed E-state index contributed by atoms with van der Waals surface area (Å²) in [6.07, 6.45) is 0.968. The molecule has 0 aliphatic heterocycles. The van der Waals surface area contributed by atoms with Crippen LogP contribution in [-0.4, -0.2) is 51.3 Å². The Morgan fingerprint density at radius 1 is 0.941 bits per heavy atom. The van der Waals surface area contributed by atoms with Gasteiger partial charge in [0.1, 0.15) is 12.3 Å². The van der Waals surface area contributed by atoms with Crippen molar-refractivity contribution in [1.82, 2.24) is 10.6 Å². The highest BCUT2D eigenvalue weighted by Crippen LogP contribution is 2.27. The summed E-state index contributed by atoms with van der Waals surface area (Å²) in [6, 6.07) is 11.9. The van der Waals surface area contributed by atoms with E-state index in [2.05, 4.69) is 17.6 Å². The van der Waals surface area contributed by atoms with E-state index in [-0.39, 0.29) is 13.1 Å². The molecule has 2 rings (SSSR count). The van der Waals surface area contributed by atoms with Gasteiger partial charge in [0.15, 0.2) is 17.6 Å². The molecule has 2 amide bonds. The number of benzene rings is 2. The van der Waals surface area contributed by atoms with Gasteiger partial charge in [-0.05, 0) is 55.3 Å². The fourth-order valence-electron chi connectivity index (χ4n) is 2.91. The molecular formula is C25H32N2O7. The van der Waals surface area contributed by atoms with Crippen LogP contribution in [0.15, 0.2) is 42.5 Å². The topological polar surface area (TPSA) is 112 Å². The summed E-state index contributed by atoms with van der Waals surface area (Å²) in [5.74, 6) is 0.191. The molecule has 0 saturated carbocycles. The van der Waals surface area contributed by atoms with E-state index in [4.69, 9.17) is 18.9 Å². The third-order valence-electron chi connectivity index (χ3n) is 4.87. The van der Waals surface area contributed by atoms with Gasteiger partial charge in [-0.2, -0.15) is 0 Å². The molecule has 1 atom stereocenters. The van der Waals surface area contributed by atoms with E-state index in [0.717, 1.165) is 18.4 Å². The van der Waals surface area contributed by atoms with E-state index in [9.17, 15) is 14.4 Å². The van der Waals surface area contributed by atoms with Gasteiger partial charge < -0.3 is 29.6 Å². The van der Waals surface area contributed by atoms with Crippen LogP contribution in [0, 0.1) is 0 Å². The zero-order chi connectivity index (χ0) is 24.9. The van der Waals surface area contributed by atoms with Crippen molar-refractivity contribution in [3.05, 3.63) is 53.6 Å². The highest BCUT2D eigenvalue weighted by molar-refractivity contribution is 5.96. The molecule has 0 bridgehead atoms. The minimum atomic E-state index is -1.02. The molecule has 2 aromatic carbocycles. The van der Waals surface area contributed by atoms with Gasteiger partial charge in [0.2, 0.25) is 0 Å². The summed E-state index contributed by atoms with van der Waals surface area (Å²) < 4.78 is 21.1. The number of hydrogen-bond acceptors (Lipinski definition) is 7. The molecule has 0 aliphatic carbocycles. The first-order valence-corrected chi connectivity index (χ1v) is 11.1. The normalized spacial score (nSPS) is 11.2. The maximum absolute atomic E-state index is 12.3. The fourth-order valence-corrected chi connectivity index (χ4v) is 2.91. The molecular weight excluding hydrogens is 440 g/mol. The first-order chi connectivity index (χ1) is 16.4. The average Bonchev–Trinajstić information content (AvgIpc) is 2.86. The smallest absolute Gasteiger partial charge is 0.326 e. The van der Waals surface area contributed by atoms with Gasteiger partial charge in [-0.1, -0.05) is 19.4 Å². The Kier molecular flexibility index (Phi) is 10.7. The number of methoxy groups -OCH3 is 2. The number of carbonyl (C=O) groups excluding carboxylic acids is 3. The number of amides is 2. The monoisotopic (exact) mass is 472 g/mol. The second-order valence-corrected chi connectivity index (χ2v) is 7.45. The molecule has 1 unspecified atom stereocenters. The molecule has 0 aromatic heterocycles. The van der Waals surface area contributed by atoms with Crippen LogP contribution < -0.4 is 24.8 Å². The van der Waals surface area contributed by atoms with E-state index in [1.165, 1.54) is 21.1 Å². The molecule has 2 aromatic rings. The summed E-state index contributed by atoms with van der Waals surface area (Å²) >= 11 is 0. The maximum atomic E-state index is 12.3. The van der Waals surface area contributed by atoms with Crippen molar-refractivity contribution in [2.24, 2.45) is 0 Å². The third-order valence-corrected chi connectivity index (χ3v) is 4.87. The van der Waals surface area contributed by atoms with Gasteiger partial charge in [-0.25, -0.2) is 0 Å². The van der Waals surface area contributed by atoms with Crippen molar-refractivity contribution >= 4 is 17.8 Å². The average molecular weight is 473 g/mol. The van der Waals surface area contributed by atoms with Crippen molar-refractivity contribution in [1.29, 1.82) is 0 Å². The minimum Gasteiger partial charge on any atom is -0.494 e. The zero-order valence-corrected chi connectivity index (χ0v) is 20.0. The van der Waals surface area contributed by atoms with Crippen LogP contribution in [0.25, 0.3) is 0 Å². The van der Waals surface area contributed by atoms with Crippen molar-refractivity contribution < 1.29 is 33.3 Å². The lowest BCUT2D eigenvalue weighted by molar-refractivity contribution is -0.153. The summed E-state index contributed by atoms with van der Waals surface area (Å²) in [5.41, 5.74) is 1.18. The molecule has 0 spiro atoms. The van der Waals surface area contributed by atoms with Crippen LogP contribution >= 0.6 is 0 Å². The van der Waals surface area contributed by atoms with Crippen LogP contribution in [0.2, 0.25) is 0 Å². The Morgan fingerprint density at radius 3 is 2.29 bits per heavy atom. The highest BCUT2D eigenvalue weighted by Gasteiger charge is 2.18. The second kappa shape index (κ2) is 13.7. The Labute approximate surface area is 199 Å². The molecule has 0 fully saturated rings. The minimum absolute atomic E-state index is 0.218. The number of esters is 1. The largest absolute Gasteiger partial charge is 0.494 e. The van der Waals surface area contributed by atoms with Gasteiger partial charge >= 0.3 is 5.97 Å². The van der Waals surface area contributed by atoms with E-state index >= 15 is 0 Å². The Morgan fingerprint density at radius 2 is 1.65 bits per heavy atom. The first kappa shape index (κ1) is 26.5. The van der Waals surface area contributed by atoms with Crippen molar-refractivity contribution in [2.45, 2.75) is 39.3 Å². The molecule has 9 nitrogen and oxygen atoms in total. The maximum Gasteiger partial charge on any atom is 0.326 e. The van der Waals surface area contributed by atoms with Crippen LogP contribution in [0.5, 0.6) is 17.2 Å². The number of nitrogens with one attached hydrogen (secondary N) is 2. The zero-order valence-electron chi connectivity index (χ0n) is 20.0. The van der Waals surface area contributed by atoms with Gasteiger partial charge in [-0.3, -0.25) is 14.4 Å². The van der Waals surface area contributed by atoms with E-state index in [1.54, 1.807) is 42.5 Å². The van der Waals surface area contributed by atoms with Crippen LogP contribution in [0.4, 0.5) is 0 Å². The van der Waals surface area contributed by atoms with Crippen LogP contribution in [0.3, 0.4) is 0 Å². The predicted molar refractivity (Wildman–Crippen MR) is 126 cm³/mol. The molecule has 0 aliphatic rings. The van der Waals surface area contributed by atoms with Gasteiger partial charge in [0, 0.05) is 12.1 Å². The van der Waals surface area contributed by atoms with Crippen LogP contribution in [-0.2, 0) is 20.9 Å². The number of rotatable bonds is 13. The molecule has 0 radical (unpaired) electrons. The summed E-state index contributed by atoms with van der Waals surface area (Å²) in [6.45, 7) is 4.01. The SMILES string of the molecule is CCCCOc1ccc(C(=O)NCC(=O)OC(C)C(=O)NCc2ccc(OC)c(OC)c2)cc1. The Hall–Kier alpha value is -3.75. The third kappa shape index (κ3) is 8.31. The molecule has 184 valence electrons. The molecule has 34 heavy (non-hydrogen) atoms. The second-order valence-electron chi connectivity index (χ2n) is 7.45. The summed E-state index contributed by atoms with van der Waals surface area (Å²) in [5, 5.41) is 5.18. The standard InChI is InChI=1S/C25H32N2O7/c1-5-6-13-33-20-10-8-19(9-11-20)25(30)27-16-23(28)34-17(2)24(29)26-15-18-7-12-21(31-3)22(14-18)32-4/h7-12,14,17H,5-6,13,15-16H2,1-4H3,(H,26,29)(H,27,30). The lowest BCUT2D eigenvalue weighted by atomic mass is 10.2. The van der Waals surface area contributed by atoms with Crippen LogP contribution in [0.1, 0.15) is 42.6 Å². The first-order valence-electron chi connectivity index (χ1n) is 11.1. The van der Waals surface area contributed by atoms with Crippen molar-refractivity contribution in [3.8, 4) is 17.2 Å². The van der Waals surface area contributed by atoms with Gasteiger partial charge in [0.05, 0.1) is 20.8 Å². The predicted octanol–water partition coefficient (Wildman–Crippen LogP) is 2.86.